The number of pyridine rings is 1. The van der Waals surface area contributed by atoms with Gasteiger partial charge in [0.15, 0.2) is 0 Å². The molecule has 0 aliphatic rings. The van der Waals surface area contributed by atoms with Crippen molar-refractivity contribution in [3.05, 3.63) is 29.0 Å². The van der Waals surface area contributed by atoms with Crippen molar-refractivity contribution >= 4 is 17.7 Å². The first-order valence-electron chi connectivity index (χ1n) is 4.09. The highest BCUT2D eigenvalue weighted by atomic mass is 35.5. The summed E-state index contributed by atoms with van der Waals surface area (Å²) in [7, 11) is 1.31. The Hall–Kier alpha value is -1.29. The first-order valence-corrected chi connectivity index (χ1v) is 4.47. The fourth-order valence-corrected chi connectivity index (χ4v) is 1.29. The Balaban J connectivity index is 2.74. The van der Waals surface area contributed by atoms with Gasteiger partial charge in [0, 0.05) is 23.0 Å². The summed E-state index contributed by atoms with van der Waals surface area (Å²) >= 11 is 5.91. The molecule has 0 bridgehead atoms. The number of ether oxygens (including phenoxy) is 1. The van der Waals surface area contributed by atoms with Crippen LogP contribution in [0.1, 0.15) is 18.5 Å². The first-order chi connectivity index (χ1) is 6.65. The van der Waals surface area contributed by atoms with E-state index in [1.165, 1.54) is 7.11 Å². The second-order valence-electron chi connectivity index (χ2n) is 2.75. The molecule has 0 saturated carbocycles. The van der Waals surface area contributed by atoms with Crippen LogP contribution in [-0.4, -0.2) is 18.2 Å². The lowest BCUT2D eigenvalue weighted by Gasteiger charge is -2.13. The second kappa shape index (κ2) is 4.81. The van der Waals surface area contributed by atoms with Crippen molar-refractivity contribution in [1.82, 2.24) is 10.3 Å². The summed E-state index contributed by atoms with van der Waals surface area (Å²) in [5.74, 6) is 0. The number of amides is 1. The van der Waals surface area contributed by atoms with Gasteiger partial charge < -0.3 is 10.1 Å². The summed E-state index contributed by atoms with van der Waals surface area (Å²) in [4.78, 5) is 14.8. The second-order valence-corrected chi connectivity index (χ2v) is 3.16. The van der Waals surface area contributed by atoms with Crippen molar-refractivity contribution in [2.24, 2.45) is 0 Å². The lowest BCUT2D eigenvalue weighted by atomic mass is 10.1. The third-order valence-corrected chi connectivity index (χ3v) is 2.13. The Morgan fingerprint density at radius 1 is 1.71 bits per heavy atom. The zero-order valence-electron chi connectivity index (χ0n) is 7.95. The Kier molecular flexibility index (Phi) is 3.71. The van der Waals surface area contributed by atoms with Gasteiger partial charge in [-0.2, -0.15) is 0 Å². The van der Waals surface area contributed by atoms with Gasteiger partial charge in [0.05, 0.1) is 13.2 Å². The van der Waals surface area contributed by atoms with E-state index < -0.39 is 6.09 Å². The third-order valence-electron chi connectivity index (χ3n) is 1.78. The van der Waals surface area contributed by atoms with Crippen LogP contribution >= 0.6 is 11.6 Å². The minimum atomic E-state index is -0.489. The SMILES string of the molecule is COC(=O)N[C@H](C)c1cnccc1Cl. The molecule has 5 heteroatoms. The number of nitrogens with zero attached hydrogens (tertiary/aromatic N) is 1. The molecule has 1 atom stereocenters. The van der Waals surface area contributed by atoms with Crippen LogP contribution in [0, 0.1) is 0 Å². The van der Waals surface area contributed by atoms with E-state index in [0.29, 0.717) is 5.02 Å². The van der Waals surface area contributed by atoms with Gasteiger partial charge >= 0.3 is 6.09 Å². The number of alkyl carbamates (subject to hydrolysis) is 1. The van der Waals surface area contributed by atoms with Crippen molar-refractivity contribution in [2.45, 2.75) is 13.0 Å². The summed E-state index contributed by atoms with van der Waals surface area (Å²) in [6.45, 7) is 1.81. The zero-order valence-corrected chi connectivity index (χ0v) is 8.71. The van der Waals surface area contributed by atoms with Crippen LogP contribution in [0.25, 0.3) is 0 Å². The van der Waals surface area contributed by atoms with E-state index >= 15 is 0 Å². The quantitative estimate of drug-likeness (QED) is 0.821. The van der Waals surface area contributed by atoms with Gasteiger partial charge in [-0.3, -0.25) is 4.98 Å². The normalized spacial score (nSPS) is 11.9. The average Bonchev–Trinajstić information content (AvgIpc) is 2.18. The Morgan fingerprint density at radius 2 is 2.43 bits per heavy atom. The van der Waals surface area contributed by atoms with Crippen molar-refractivity contribution < 1.29 is 9.53 Å². The molecule has 0 fully saturated rings. The van der Waals surface area contributed by atoms with Crippen molar-refractivity contribution in [1.29, 1.82) is 0 Å². The summed E-state index contributed by atoms with van der Waals surface area (Å²) in [6.07, 6.45) is 2.72. The number of halogens is 1. The predicted octanol–water partition coefficient (Wildman–Crippen LogP) is 2.15. The number of rotatable bonds is 2. The highest BCUT2D eigenvalue weighted by Crippen LogP contribution is 2.20. The van der Waals surface area contributed by atoms with Gasteiger partial charge in [0.1, 0.15) is 0 Å². The third kappa shape index (κ3) is 2.60. The molecule has 1 aromatic heterocycles. The molecular formula is C9H11ClN2O2. The van der Waals surface area contributed by atoms with Gasteiger partial charge in [0.2, 0.25) is 0 Å². The summed E-state index contributed by atoms with van der Waals surface area (Å²) in [5.41, 5.74) is 0.763. The lowest BCUT2D eigenvalue weighted by Crippen LogP contribution is -2.26. The highest BCUT2D eigenvalue weighted by Gasteiger charge is 2.12. The average molecular weight is 215 g/mol. The molecule has 0 unspecified atom stereocenters. The predicted molar refractivity (Wildman–Crippen MR) is 53.2 cm³/mol. The largest absolute Gasteiger partial charge is 0.453 e. The molecule has 4 nitrogen and oxygen atoms in total. The summed E-state index contributed by atoms with van der Waals surface area (Å²) < 4.78 is 4.47. The molecule has 0 aliphatic carbocycles. The molecule has 14 heavy (non-hydrogen) atoms. The molecule has 1 heterocycles. The summed E-state index contributed by atoms with van der Waals surface area (Å²) in [6, 6.07) is 1.45. The van der Waals surface area contributed by atoms with Crippen molar-refractivity contribution in [2.75, 3.05) is 7.11 Å². The lowest BCUT2D eigenvalue weighted by molar-refractivity contribution is 0.167. The molecule has 0 saturated heterocycles. The summed E-state index contributed by atoms with van der Waals surface area (Å²) in [5, 5.41) is 3.17. The molecule has 76 valence electrons. The number of aromatic nitrogens is 1. The van der Waals surface area contributed by atoms with Crippen LogP contribution in [0.4, 0.5) is 4.79 Å². The smallest absolute Gasteiger partial charge is 0.407 e. The fourth-order valence-electron chi connectivity index (χ4n) is 1.02. The topological polar surface area (TPSA) is 51.2 Å². The van der Waals surface area contributed by atoms with E-state index in [1.54, 1.807) is 25.4 Å². The highest BCUT2D eigenvalue weighted by molar-refractivity contribution is 6.31. The molecule has 0 spiro atoms. The van der Waals surface area contributed by atoms with E-state index in [-0.39, 0.29) is 6.04 Å². The number of carbonyl (C=O) groups is 1. The Bertz CT molecular complexity index is 330. The number of nitrogens with one attached hydrogen (secondary N) is 1. The fraction of sp³-hybridized carbons (Fsp3) is 0.333. The number of carbonyl (C=O) groups excluding carboxylic acids is 1. The van der Waals surface area contributed by atoms with E-state index in [9.17, 15) is 4.79 Å². The first kappa shape index (κ1) is 10.8. The molecule has 0 radical (unpaired) electrons. The van der Waals surface area contributed by atoms with Crippen LogP contribution in [0.15, 0.2) is 18.5 Å². The molecule has 0 aromatic carbocycles. The van der Waals surface area contributed by atoms with Crippen LogP contribution in [0.3, 0.4) is 0 Å². The number of methoxy groups -OCH3 is 1. The maximum absolute atomic E-state index is 10.9. The van der Waals surface area contributed by atoms with E-state index in [4.69, 9.17) is 11.6 Å². The van der Waals surface area contributed by atoms with E-state index in [2.05, 4.69) is 15.0 Å². The van der Waals surface area contributed by atoms with Crippen LogP contribution in [-0.2, 0) is 4.74 Å². The molecule has 1 N–H and O–H groups in total. The molecular weight excluding hydrogens is 204 g/mol. The van der Waals surface area contributed by atoms with Gasteiger partial charge in [-0.15, -0.1) is 0 Å². The molecule has 1 rings (SSSR count). The Morgan fingerprint density at radius 3 is 3.00 bits per heavy atom. The van der Waals surface area contributed by atoms with Crippen LogP contribution < -0.4 is 5.32 Å². The monoisotopic (exact) mass is 214 g/mol. The van der Waals surface area contributed by atoms with Gasteiger partial charge in [-0.05, 0) is 13.0 Å². The zero-order chi connectivity index (χ0) is 10.6. The van der Waals surface area contributed by atoms with Crippen molar-refractivity contribution in [3.8, 4) is 0 Å². The maximum atomic E-state index is 10.9. The minimum Gasteiger partial charge on any atom is -0.453 e. The minimum absolute atomic E-state index is 0.219. The van der Waals surface area contributed by atoms with E-state index in [1.807, 2.05) is 0 Å². The van der Waals surface area contributed by atoms with Crippen LogP contribution in [0.2, 0.25) is 5.02 Å². The number of hydrogen-bond donors (Lipinski definition) is 1. The number of hydrogen-bond acceptors (Lipinski definition) is 3. The molecule has 1 aromatic rings. The molecule has 1 amide bonds. The van der Waals surface area contributed by atoms with Gasteiger partial charge in [-0.1, -0.05) is 11.6 Å². The Labute approximate surface area is 87.2 Å². The van der Waals surface area contributed by atoms with E-state index in [0.717, 1.165) is 5.56 Å². The molecule has 0 aliphatic heterocycles. The standard InChI is InChI=1S/C9H11ClN2O2/c1-6(12-9(13)14-2)7-5-11-4-3-8(7)10/h3-6H,1-2H3,(H,12,13)/t6-/m1/s1. The van der Waals surface area contributed by atoms with Gasteiger partial charge in [0.25, 0.3) is 0 Å². The maximum Gasteiger partial charge on any atom is 0.407 e. The van der Waals surface area contributed by atoms with Crippen LogP contribution in [0.5, 0.6) is 0 Å². The van der Waals surface area contributed by atoms with Gasteiger partial charge in [-0.25, -0.2) is 4.79 Å². The van der Waals surface area contributed by atoms with Crippen molar-refractivity contribution in [3.63, 3.8) is 0 Å².